The van der Waals surface area contributed by atoms with Crippen molar-refractivity contribution in [1.29, 1.82) is 0 Å². The zero-order valence-corrected chi connectivity index (χ0v) is 18.6. The van der Waals surface area contributed by atoms with Crippen LogP contribution in [0.5, 0.6) is 0 Å². The zero-order valence-electron chi connectivity index (χ0n) is 18.6. The molecule has 11 heteroatoms. The Hall–Kier alpha value is -3.08. The summed E-state index contributed by atoms with van der Waals surface area (Å²) >= 11 is 0. The fourth-order valence-corrected chi connectivity index (χ4v) is 3.89. The lowest BCUT2D eigenvalue weighted by Gasteiger charge is -2.40. The fraction of sp³-hybridized carbons (Fsp3) is 0.524. The molecule has 1 aliphatic heterocycles. The monoisotopic (exact) mass is 449 g/mol. The Bertz CT molecular complexity index is 942. The molecule has 0 spiro atoms. The molecule has 0 amide bonds. The SMILES string of the molecule is CCC(c1ccc(F)cc1F)N1CCN(C(=NC)NCc2cn(CC(=O)OC)nn2)CC1. The van der Waals surface area contributed by atoms with Crippen molar-refractivity contribution in [1.82, 2.24) is 30.1 Å². The average molecular weight is 450 g/mol. The number of carbonyl (C=O) groups is 1. The van der Waals surface area contributed by atoms with Gasteiger partial charge in [-0.05, 0) is 12.5 Å². The minimum atomic E-state index is -0.564. The largest absolute Gasteiger partial charge is 0.468 e. The Morgan fingerprint density at radius 2 is 2.03 bits per heavy atom. The summed E-state index contributed by atoms with van der Waals surface area (Å²) in [6.07, 6.45) is 2.41. The van der Waals surface area contributed by atoms with Gasteiger partial charge in [0.05, 0.1) is 19.9 Å². The van der Waals surface area contributed by atoms with Crippen LogP contribution in [0.4, 0.5) is 8.78 Å². The van der Waals surface area contributed by atoms with Gasteiger partial charge in [-0.3, -0.25) is 14.7 Å². The number of halogens is 2. The first-order valence-electron chi connectivity index (χ1n) is 10.6. The number of ether oxygens (including phenoxy) is 1. The summed E-state index contributed by atoms with van der Waals surface area (Å²) in [5, 5.41) is 11.2. The summed E-state index contributed by atoms with van der Waals surface area (Å²) in [6.45, 7) is 5.31. The Balaban J connectivity index is 1.54. The molecule has 1 unspecified atom stereocenters. The average Bonchev–Trinajstić information content (AvgIpc) is 3.24. The first-order valence-corrected chi connectivity index (χ1v) is 10.6. The van der Waals surface area contributed by atoms with E-state index in [0.717, 1.165) is 31.5 Å². The van der Waals surface area contributed by atoms with E-state index in [0.29, 0.717) is 30.9 Å². The second-order valence-corrected chi connectivity index (χ2v) is 7.50. The van der Waals surface area contributed by atoms with Crippen LogP contribution in [0.2, 0.25) is 0 Å². The Morgan fingerprint density at radius 1 is 1.28 bits per heavy atom. The maximum atomic E-state index is 14.3. The number of methoxy groups -OCH3 is 1. The van der Waals surface area contributed by atoms with Gasteiger partial charge in [0.1, 0.15) is 23.9 Å². The van der Waals surface area contributed by atoms with E-state index < -0.39 is 17.6 Å². The Kier molecular flexibility index (Phi) is 8.09. The van der Waals surface area contributed by atoms with E-state index >= 15 is 0 Å². The van der Waals surface area contributed by atoms with E-state index in [1.807, 2.05) is 6.92 Å². The van der Waals surface area contributed by atoms with E-state index in [1.165, 1.54) is 17.9 Å². The summed E-state index contributed by atoms with van der Waals surface area (Å²) in [7, 11) is 3.04. The van der Waals surface area contributed by atoms with Crippen LogP contribution >= 0.6 is 0 Å². The highest BCUT2D eigenvalue weighted by Gasteiger charge is 2.27. The van der Waals surface area contributed by atoms with Crippen LogP contribution in [0.3, 0.4) is 0 Å². The van der Waals surface area contributed by atoms with Crippen LogP contribution in [-0.2, 0) is 22.6 Å². The summed E-state index contributed by atoms with van der Waals surface area (Å²) in [5.74, 6) is -0.731. The zero-order chi connectivity index (χ0) is 23.1. The quantitative estimate of drug-likeness (QED) is 0.390. The highest BCUT2D eigenvalue weighted by molar-refractivity contribution is 5.80. The first-order chi connectivity index (χ1) is 15.4. The van der Waals surface area contributed by atoms with Crippen LogP contribution < -0.4 is 5.32 Å². The molecule has 1 aromatic carbocycles. The lowest BCUT2D eigenvalue weighted by Crippen LogP contribution is -2.53. The smallest absolute Gasteiger partial charge is 0.327 e. The highest BCUT2D eigenvalue weighted by atomic mass is 19.1. The van der Waals surface area contributed by atoms with Gasteiger partial charge in [-0.1, -0.05) is 18.2 Å². The summed E-state index contributed by atoms with van der Waals surface area (Å²) in [4.78, 5) is 20.0. The van der Waals surface area contributed by atoms with Gasteiger partial charge >= 0.3 is 5.97 Å². The second kappa shape index (κ2) is 11.0. The number of piperazine rings is 1. The first kappa shape index (κ1) is 23.6. The lowest BCUT2D eigenvalue weighted by atomic mass is 10.0. The third kappa shape index (κ3) is 5.78. The molecule has 1 aliphatic rings. The molecule has 0 bridgehead atoms. The maximum Gasteiger partial charge on any atom is 0.327 e. The number of nitrogens with one attached hydrogen (secondary N) is 1. The van der Waals surface area contributed by atoms with E-state index in [4.69, 9.17) is 0 Å². The molecule has 0 aliphatic carbocycles. The minimum Gasteiger partial charge on any atom is -0.468 e. The normalized spacial score (nSPS) is 16.2. The van der Waals surface area contributed by atoms with Gasteiger partial charge in [-0.15, -0.1) is 5.10 Å². The fourth-order valence-electron chi connectivity index (χ4n) is 3.89. The van der Waals surface area contributed by atoms with E-state index in [9.17, 15) is 13.6 Å². The van der Waals surface area contributed by atoms with Crippen molar-refractivity contribution in [3.05, 3.63) is 47.3 Å². The molecule has 9 nitrogen and oxygen atoms in total. The van der Waals surface area contributed by atoms with Crippen LogP contribution in [0.15, 0.2) is 29.4 Å². The van der Waals surface area contributed by atoms with Crippen LogP contribution in [0.1, 0.15) is 30.6 Å². The van der Waals surface area contributed by atoms with Gasteiger partial charge in [0.2, 0.25) is 0 Å². The van der Waals surface area contributed by atoms with Crippen LogP contribution in [0.25, 0.3) is 0 Å². The third-order valence-electron chi connectivity index (χ3n) is 5.51. The molecule has 1 saturated heterocycles. The number of carbonyl (C=O) groups excluding carboxylic acids is 1. The molecule has 2 heterocycles. The molecule has 1 fully saturated rings. The van der Waals surface area contributed by atoms with Gasteiger partial charge in [0.15, 0.2) is 5.96 Å². The van der Waals surface area contributed by atoms with Gasteiger partial charge in [0, 0.05) is 50.9 Å². The van der Waals surface area contributed by atoms with Gasteiger partial charge in [-0.2, -0.15) is 0 Å². The number of aromatic nitrogens is 3. The molecule has 1 atom stereocenters. The van der Waals surface area contributed by atoms with Crippen molar-refractivity contribution in [2.75, 3.05) is 40.3 Å². The molecule has 1 N–H and O–H groups in total. The standard InChI is InChI=1S/C21H29F2N7O2/c1-4-19(17-6-5-15(22)11-18(17)23)28-7-9-29(10-8-28)21(24-2)25-12-16-13-30(27-26-16)14-20(31)32-3/h5-6,11,13,19H,4,7-10,12,14H2,1-3H3,(H,24,25). The molecule has 1 aromatic heterocycles. The Morgan fingerprint density at radius 3 is 2.66 bits per heavy atom. The second-order valence-electron chi connectivity index (χ2n) is 7.50. The van der Waals surface area contributed by atoms with Crippen molar-refractivity contribution in [2.45, 2.75) is 32.5 Å². The molecule has 174 valence electrons. The van der Waals surface area contributed by atoms with Crippen LogP contribution in [-0.4, -0.2) is 77.1 Å². The number of aliphatic imine (C=N–C) groups is 1. The maximum absolute atomic E-state index is 14.3. The van der Waals surface area contributed by atoms with Crippen molar-refractivity contribution < 1.29 is 18.3 Å². The molecule has 3 rings (SSSR count). The predicted octanol–water partition coefficient (Wildman–Crippen LogP) is 1.57. The molecule has 32 heavy (non-hydrogen) atoms. The predicted molar refractivity (Wildman–Crippen MR) is 115 cm³/mol. The highest BCUT2D eigenvalue weighted by Crippen LogP contribution is 2.28. The minimum absolute atomic E-state index is 0.00737. The van der Waals surface area contributed by atoms with Crippen molar-refractivity contribution in [3.63, 3.8) is 0 Å². The number of benzene rings is 1. The van der Waals surface area contributed by atoms with E-state index in [-0.39, 0.29) is 12.6 Å². The summed E-state index contributed by atoms with van der Waals surface area (Å²) < 4.78 is 33.6. The lowest BCUT2D eigenvalue weighted by molar-refractivity contribution is -0.141. The van der Waals surface area contributed by atoms with Crippen molar-refractivity contribution >= 4 is 11.9 Å². The summed E-state index contributed by atoms with van der Waals surface area (Å²) in [6, 6.07) is 3.70. The molecular formula is C21H29F2N7O2. The number of hydrogen-bond donors (Lipinski definition) is 1. The van der Waals surface area contributed by atoms with Gasteiger partial charge < -0.3 is 15.0 Å². The molecule has 0 saturated carbocycles. The van der Waals surface area contributed by atoms with Gasteiger partial charge in [0.25, 0.3) is 0 Å². The third-order valence-corrected chi connectivity index (χ3v) is 5.51. The number of rotatable bonds is 7. The number of nitrogens with zero attached hydrogens (tertiary/aromatic N) is 6. The van der Waals surface area contributed by atoms with Crippen LogP contribution in [0, 0.1) is 11.6 Å². The Labute approximate surface area is 186 Å². The van der Waals surface area contributed by atoms with Crippen molar-refractivity contribution in [2.24, 2.45) is 4.99 Å². The van der Waals surface area contributed by atoms with E-state index in [2.05, 4.69) is 35.2 Å². The number of esters is 1. The molecular weight excluding hydrogens is 420 g/mol. The van der Waals surface area contributed by atoms with E-state index in [1.54, 1.807) is 19.3 Å². The molecule has 0 radical (unpaired) electrons. The van der Waals surface area contributed by atoms with Gasteiger partial charge in [-0.25, -0.2) is 13.5 Å². The topological polar surface area (TPSA) is 87.9 Å². The molecule has 2 aromatic rings. The number of guanidine groups is 1. The number of hydrogen-bond acceptors (Lipinski definition) is 6. The summed E-state index contributed by atoms with van der Waals surface area (Å²) in [5.41, 5.74) is 1.20. The van der Waals surface area contributed by atoms with Crippen molar-refractivity contribution in [3.8, 4) is 0 Å².